The van der Waals surface area contributed by atoms with Gasteiger partial charge in [0.25, 0.3) is 0 Å². The fourth-order valence-corrected chi connectivity index (χ4v) is 3.56. The summed E-state index contributed by atoms with van der Waals surface area (Å²) in [5, 5.41) is 11.6. The molecule has 0 saturated heterocycles. The SMILES string of the molecule is [N-]=[N+]=NCCCCc1ccc2ccc3cccc4ccc1c2c34. The van der Waals surface area contributed by atoms with Crippen LogP contribution in [0.25, 0.3) is 42.8 Å². The van der Waals surface area contributed by atoms with E-state index in [9.17, 15) is 0 Å². The second-order valence-corrected chi connectivity index (χ2v) is 5.99. The number of hydrogen-bond donors (Lipinski definition) is 0. The van der Waals surface area contributed by atoms with Gasteiger partial charge in [0.15, 0.2) is 0 Å². The molecule has 23 heavy (non-hydrogen) atoms. The van der Waals surface area contributed by atoms with Crippen molar-refractivity contribution in [3.05, 3.63) is 70.6 Å². The summed E-state index contributed by atoms with van der Waals surface area (Å²) in [6.45, 7) is 0.586. The number of benzene rings is 4. The lowest BCUT2D eigenvalue weighted by molar-refractivity contribution is 0.745. The topological polar surface area (TPSA) is 48.8 Å². The maximum Gasteiger partial charge on any atom is 0.0258 e. The van der Waals surface area contributed by atoms with E-state index in [1.165, 1.54) is 37.9 Å². The van der Waals surface area contributed by atoms with Gasteiger partial charge in [-0.2, -0.15) is 0 Å². The van der Waals surface area contributed by atoms with Crippen LogP contribution >= 0.6 is 0 Å². The fraction of sp³-hybridized carbons (Fsp3) is 0.200. The van der Waals surface area contributed by atoms with Gasteiger partial charge >= 0.3 is 0 Å². The van der Waals surface area contributed by atoms with Crippen molar-refractivity contribution in [2.24, 2.45) is 5.11 Å². The van der Waals surface area contributed by atoms with Gasteiger partial charge < -0.3 is 0 Å². The Balaban J connectivity index is 1.81. The molecule has 0 bridgehead atoms. The zero-order valence-corrected chi connectivity index (χ0v) is 12.9. The van der Waals surface area contributed by atoms with Crippen molar-refractivity contribution in [2.75, 3.05) is 6.54 Å². The zero-order valence-electron chi connectivity index (χ0n) is 12.9. The Kier molecular flexibility index (Phi) is 3.49. The lowest BCUT2D eigenvalue weighted by Crippen LogP contribution is -1.92. The Morgan fingerprint density at radius 1 is 0.783 bits per heavy atom. The second kappa shape index (κ2) is 5.79. The fourth-order valence-electron chi connectivity index (χ4n) is 3.56. The van der Waals surface area contributed by atoms with E-state index in [0.717, 1.165) is 19.3 Å². The summed E-state index contributed by atoms with van der Waals surface area (Å²) >= 11 is 0. The molecule has 0 fully saturated rings. The van der Waals surface area contributed by atoms with Crippen LogP contribution in [0, 0.1) is 0 Å². The Hall–Kier alpha value is -2.77. The molecule has 0 aliphatic heterocycles. The molecule has 3 nitrogen and oxygen atoms in total. The van der Waals surface area contributed by atoms with Crippen molar-refractivity contribution in [1.82, 2.24) is 0 Å². The molecule has 4 rings (SSSR count). The van der Waals surface area contributed by atoms with Gasteiger partial charge in [-0.05, 0) is 62.7 Å². The number of azide groups is 1. The van der Waals surface area contributed by atoms with Gasteiger partial charge in [0.1, 0.15) is 0 Å². The maximum absolute atomic E-state index is 8.34. The van der Waals surface area contributed by atoms with E-state index < -0.39 is 0 Å². The Bertz CT molecular complexity index is 1010. The predicted molar refractivity (Wildman–Crippen MR) is 97.1 cm³/mol. The summed E-state index contributed by atoms with van der Waals surface area (Å²) in [5.41, 5.74) is 9.73. The quantitative estimate of drug-likeness (QED) is 0.138. The summed E-state index contributed by atoms with van der Waals surface area (Å²) in [6.07, 6.45) is 3.00. The van der Waals surface area contributed by atoms with Crippen LogP contribution in [0.15, 0.2) is 59.7 Å². The highest BCUT2D eigenvalue weighted by Crippen LogP contribution is 2.36. The molecule has 0 atom stereocenters. The molecule has 0 unspecified atom stereocenters. The van der Waals surface area contributed by atoms with Gasteiger partial charge in [-0.1, -0.05) is 59.7 Å². The summed E-state index contributed by atoms with van der Waals surface area (Å²) < 4.78 is 0. The van der Waals surface area contributed by atoms with Crippen LogP contribution in [0.2, 0.25) is 0 Å². The minimum Gasteiger partial charge on any atom is -0.0940 e. The van der Waals surface area contributed by atoms with E-state index in [-0.39, 0.29) is 0 Å². The molecule has 0 aromatic heterocycles. The number of nitrogens with zero attached hydrogens (tertiary/aromatic N) is 3. The average Bonchev–Trinajstić information content (AvgIpc) is 2.60. The van der Waals surface area contributed by atoms with Crippen molar-refractivity contribution >= 4 is 32.3 Å². The van der Waals surface area contributed by atoms with Crippen LogP contribution in [-0.2, 0) is 6.42 Å². The van der Waals surface area contributed by atoms with Crippen LogP contribution < -0.4 is 0 Å². The largest absolute Gasteiger partial charge is 0.0940 e. The molecule has 0 aliphatic carbocycles. The summed E-state index contributed by atoms with van der Waals surface area (Å²) in [4.78, 5) is 2.81. The molecule has 3 heteroatoms. The van der Waals surface area contributed by atoms with Gasteiger partial charge in [-0.15, -0.1) is 0 Å². The monoisotopic (exact) mass is 299 g/mol. The smallest absolute Gasteiger partial charge is 0.0258 e. The van der Waals surface area contributed by atoms with E-state index in [4.69, 9.17) is 5.53 Å². The Morgan fingerprint density at radius 2 is 1.48 bits per heavy atom. The van der Waals surface area contributed by atoms with Crippen molar-refractivity contribution in [1.29, 1.82) is 0 Å². The van der Waals surface area contributed by atoms with Crippen molar-refractivity contribution < 1.29 is 0 Å². The molecule has 112 valence electrons. The molecule has 4 aromatic carbocycles. The first kappa shape index (κ1) is 13.9. The van der Waals surface area contributed by atoms with Crippen LogP contribution in [0.3, 0.4) is 0 Å². The molecule has 0 saturated carbocycles. The van der Waals surface area contributed by atoms with Crippen LogP contribution in [0.5, 0.6) is 0 Å². The molecule has 0 heterocycles. The van der Waals surface area contributed by atoms with Crippen molar-refractivity contribution in [2.45, 2.75) is 19.3 Å². The summed E-state index contributed by atoms with van der Waals surface area (Å²) in [7, 11) is 0. The molecular formula is C20H17N3. The van der Waals surface area contributed by atoms with E-state index in [2.05, 4.69) is 64.6 Å². The molecule has 0 N–H and O–H groups in total. The minimum absolute atomic E-state index is 0.586. The Labute approximate surface area is 134 Å². The van der Waals surface area contributed by atoms with Crippen LogP contribution in [0.4, 0.5) is 0 Å². The van der Waals surface area contributed by atoms with Gasteiger partial charge in [-0.3, -0.25) is 0 Å². The highest BCUT2D eigenvalue weighted by atomic mass is 15.1. The average molecular weight is 299 g/mol. The van der Waals surface area contributed by atoms with E-state index in [1.54, 1.807) is 0 Å². The van der Waals surface area contributed by atoms with Gasteiger partial charge in [-0.25, -0.2) is 0 Å². The third-order valence-electron chi connectivity index (χ3n) is 4.64. The normalized spacial score (nSPS) is 11.3. The molecule has 0 spiro atoms. The number of aryl methyl sites for hydroxylation is 1. The maximum atomic E-state index is 8.34. The third-order valence-corrected chi connectivity index (χ3v) is 4.64. The standard InChI is InChI=1S/C20H17N3/c21-23-22-13-2-1-4-14-7-8-17-10-9-15-5-3-6-16-11-12-18(14)20(17)19(15)16/h3,5-12H,1-2,4,13H2. The minimum atomic E-state index is 0.586. The van der Waals surface area contributed by atoms with Crippen molar-refractivity contribution in [3.63, 3.8) is 0 Å². The highest BCUT2D eigenvalue weighted by molar-refractivity contribution is 6.23. The number of unbranched alkanes of at least 4 members (excludes halogenated alkanes) is 1. The van der Waals surface area contributed by atoms with Gasteiger partial charge in [0.2, 0.25) is 0 Å². The first-order valence-electron chi connectivity index (χ1n) is 8.05. The molecule has 4 aromatic rings. The van der Waals surface area contributed by atoms with E-state index >= 15 is 0 Å². The molecular weight excluding hydrogens is 282 g/mol. The molecule has 0 amide bonds. The number of rotatable bonds is 5. The lowest BCUT2D eigenvalue weighted by Gasteiger charge is -2.13. The summed E-state index contributed by atoms with van der Waals surface area (Å²) in [5.74, 6) is 0. The predicted octanol–water partition coefficient (Wildman–Crippen LogP) is 6.22. The summed E-state index contributed by atoms with van der Waals surface area (Å²) in [6, 6.07) is 19.9. The lowest BCUT2D eigenvalue weighted by atomic mass is 9.90. The van der Waals surface area contributed by atoms with E-state index in [1.807, 2.05) is 0 Å². The van der Waals surface area contributed by atoms with Crippen LogP contribution in [-0.4, -0.2) is 6.54 Å². The first-order valence-corrected chi connectivity index (χ1v) is 8.05. The third kappa shape index (κ3) is 2.36. The highest BCUT2D eigenvalue weighted by Gasteiger charge is 2.10. The van der Waals surface area contributed by atoms with E-state index in [0.29, 0.717) is 6.54 Å². The van der Waals surface area contributed by atoms with Gasteiger partial charge in [0, 0.05) is 11.5 Å². The van der Waals surface area contributed by atoms with Gasteiger partial charge in [0.05, 0.1) is 0 Å². The zero-order chi connectivity index (χ0) is 15.6. The second-order valence-electron chi connectivity index (χ2n) is 5.99. The van der Waals surface area contributed by atoms with Crippen molar-refractivity contribution in [3.8, 4) is 0 Å². The first-order chi connectivity index (χ1) is 11.4. The Morgan fingerprint density at radius 3 is 2.26 bits per heavy atom. The number of hydrogen-bond acceptors (Lipinski definition) is 1. The molecule has 0 aliphatic rings. The van der Waals surface area contributed by atoms with Crippen LogP contribution in [0.1, 0.15) is 18.4 Å². The molecule has 0 radical (unpaired) electrons.